The third-order valence-corrected chi connectivity index (χ3v) is 7.88. The van der Waals surface area contributed by atoms with Crippen LogP contribution in [0, 0.1) is 11.3 Å². The molecule has 0 bridgehead atoms. The second-order valence-electron chi connectivity index (χ2n) is 9.05. The van der Waals surface area contributed by atoms with Gasteiger partial charge in [-0.3, -0.25) is 4.68 Å². The molecule has 2 fully saturated rings. The van der Waals surface area contributed by atoms with Crippen LogP contribution in [-0.2, 0) is 7.05 Å². The van der Waals surface area contributed by atoms with Crippen LogP contribution in [0.2, 0.25) is 0 Å². The van der Waals surface area contributed by atoms with Crippen LogP contribution in [0.4, 0.5) is 5.82 Å². The Kier molecular flexibility index (Phi) is 5.90. The lowest BCUT2D eigenvalue weighted by Gasteiger charge is -2.36. The maximum absolute atomic E-state index is 9.66. The molecule has 0 amide bonds. The van der Waals surface area contributed by atoms with Crippen LogP contribution in [0.15, 0.2) is 49.2 Å². The van der Waals surface area contributed by atoms with Crippen LogP contribution in [0.5, 0.6) is 0 Å². The number of fused-ring (bicyclic) bond motifs is 1. The highest BCUT2D eigenvalue weighted by atomic mass is 32.2. The van der Waals surface area contributed by atoms with E-state index in [2.05, 4.69) is 48.0 Å². The Morgan fingerprint density at radius 1 is 0.857 bits per heavy atom. The van der Waals surface area contributed by atoms with E-state index in [0.717, 1.165) is 59.8 Å². The fraction of sp³-hybridized carbons (Fsp3) is 0.360. The van der Waals surface area contributed by atoms with Gasteiger partial charge in [0, 0.05) is 99.3 Å². The highest BCUT2D eigenvalue weighted by Crippen LogP contribution is 2.32. The maximum Gasteiger partial charge on any atom is 0.128 e. The van der Waals surface area contributed by atoms with Gasteiger partial charge in [0.15, 0.2) is 0 Å². The van der Waals surface area contributed by atoms with Crippen molar-refractivity contribution in [2.24, 2.45) is 7.05 Å². The molecule has 35 heavy (non-hydrogen) atoms. The van der Waals surface area contributed by atoms with Gasteiger partial charge >= 0.3 is 0 Å². The monoisotopic (exact) mass is 485 g/mol. The number of aryl methyl sites for hydroxylation is 1. The van der Waals surface area contributed by atoms with Crippen LogP contribution in [-0.4, -0.2) is 72.3 Å². The quantitative estimate of drug-likeness (QED) is 0.398. The molecule has 2 aliphatic heterocycles. The summed E-state index contributed by atoms with van der Waals surface area (Å²) >= 11 is 1.91. The molecule has 0 spiro atoms. The summed E-state index contributed by atoms with van der Waals surface area (Å²) in [5, 5.41) is 18.4. The van der Waals surface area contributed by atoms with Gasteiger partial charge in [0.2, 0.25) is 0 Å². The molecule has 2 saturated heterocycles. The first-order chi connectivity index (χ1) is 17.2. The Labute approximate surface area is 208 Å². The van der Waals surface area contributed by atoms with E-state index in [1.165, 1.54) is 25.9 Å². The van der Waals surface area contributed by atoms with Gasteiger partial charge in [-0.25, -0.2) is 18.1 Å². The Morgan fingerprint density at radius 3 is 2.34 bits per heavy atom. The molecule has 0 atom stereocenters. The normalized spacial score (nSPS) is 17.3. The zero-order valence-corrected chi connectivity index (χ0v) is 20.5. The molecule has 4 aromatic heterocycles. The summed E-state index contributed by atoms with van der Waals surface area (Å²) in [4.78, 5) is 7.17. The van der Waals surface area contributed by atoms with Crippen molar-refractivity contribution in [2.45, 2.75) is 12.8 Å². The number of rotatable bonds is 5. The fourth-order valence-electron chi connectivity index (χ4n) is 4.82. The first-order valence-electron chi connectivity index (χ1n) is 12.0. The topological polar surface area (TPSA) is 81.5 Å². The summed E-state index contributed by atoms with van der Waals surface area (Å²) in [5.74, 6) is 0.994. The van der Waals surface area contributed by atoms with E-state index in [4.69, 9.17) is 4.98 Å². The van der Waals surface area contributed by atoms with E-state index in [1.54, 1.807) is 15.4 Å². The molecule has 4 aromatic rings. The molecule has 9 nitrogen and oxygen atoms in total. The van der Waals surface area contributed by atoms with Gasteiger partial charge in [-0.1, -0.05) is 0 Å². The lowest BCUT2D eigenvalue weighted by Crippen LogP contribution is -2.44. The van der Waals surface area contributed by atoms with Gasteiger partial charge in [0.25, 0.3) is 0 Å². The summed E-state index contributed by atoms with van der Waals surface area (Å²) in [7, 11) is 1.90. The van der Waals surface area contributed by atoms with E-state index in [9.17, 15) is 5.26 Å². The van der Waals surface area contributed by atoms with Crippen LogP contribution >= 0.6 is 12.1 Å². The Bertz CT molecular complexity index is 1370. The molecular formula is C25H27N9S. The zero-order chi connectivity index (χ0) is 23.8. The average molecular weight is 486 g/mol. The number of hydrogen-bond acceptors (Lipinski definition) is 8. The summed E-state index contributed by atoms with van der Waals surface area (Å²) in [6, 6.07) is 8.57. The molecule has 0 aromatic carbocycles. The summed E-state index contributed by atoms with van der Waals surface area (Å²) < 4.78 is 8.51. The molecule has 0 aliphatic carbocycles. The summed E-state index contributed by atoms with van der Waals surface area (Å²) in [5.41, 5.74) is 5.23. The Hall–Kier alpha value is -3.39. The van der Waals surface area contributed by atoms with Gasteiger partial charge in [-0.15, -0.1) is 0 Å². The summed E-state index contributed by atoms with van der Waals surface area (Å²) in [6.07, 6.45) is 11.9. The molecule has 2 aliphatic rings. The zero-order valence-electron chi connectivity index (χ0n) is 19.7. The Balaban J connectivity index is 1.25. The van der Waals surface area contributed by atoms with E-state index < -0.39 is 0 Å². The van der Waals surface area contributed by atoms with Crippen molar-refractivity contribution in [2.75, 3.05) is 44.2 Å². The number of hydrogen-bond donors (Lipinski definition) is 0. The highest BCUT2D eigenvalue weighted by Gasteiger charge is 2.22. The van der Waals surface area contributed by atoms with E-state index >= 15 is 0 Å². The van der Waals surface area contributed by atoms with Crippen molar-refractivity contribution in [3.05, 3.63) is 54.7 Å². The van der Waals surface area contributed by atoms with Gasteiger partial charge in [0.1, 0.15) is 11.9 Å². The van der Waals surface area contributed by atoms with Crippen LogP contribution in [0.1, 0.15) is 18.4 Å². The molecule has 178 valence electrons. The molecule has 0 saturated carbocycles. The third-order valence-electron chi connectivity index (χ3n) is 6.69. The van der Waals surface area contributed by atoms with Gasteiger partial charge in [0.05, 0.1) is 23.5 Å². The molecular weight excluding hydrogens is 458 g/mol. The first kappa shape index (κ1) is 22.1. The van der Waals surface area contributed by atoms with Crippen LogP contribution in [0.3, 0.4) is 0 Å². The third kappa shape index (κ3) is 4.38. The van der Waals surface area contributed by atoms with Crippen molar-refractivity contribution in [1.82, 2.24) is 33.0 Å². The number of pyridine rings is 2. The predicted molar refractivity (Wildman–Crippen MR) is 138 cm³/mol. The number of piperazine rings is 1. The number of nitriles is 1. The SMILES string of the molecule is Cn1cc(-c2cc(-c3ccc(N4CCN(SN5CCCC5)CC4)nc3)c3c(C#N)cnn3c2)cn1. The number of nitrogens with zero attached hydrogens (tertiary/aromatic N) is 9. The van der Waals surface area contributed by atoms with Gasteiger partial charge in [-0.05, 0) is 31.0 Å². The standard InChI is InChI=1S/C25H27N9S/c1-30-17-22(16-28-30)20-12-23(25-21(13-26)15-29-34(25)18-20)19-4-5-24(27-14-19)31-8-10-33(11-9-31)35-32-6-2-3-7-32/h4-5,12,14-18H,2-3,6-11H2,1H3. The highest BCUT2D eigenvalue weighted by molar-refractivity contribution is 7.94. The minimum Gasteiger partial charge on any atom is -0.354 e. The Morgan fingerprint density at radius 2 is 1.66 bits per heavy atom. The second-order valence-corrected chi connectivity index (χ2v) is 10.2. The van der Waals surface area contributed by atoms with E-state index in [-0.39, 0.29) is 0 Å². The van der Waals surface area contributed by atoms with Crippen molar-refractivity contribution < 1.29 is 0 Å². The van der Waals surface area contributed by atoms with Crippen LogP contribution in [0.25, 0.3) is 27.8 Å². The van der Waals surface area contributed by atoms with Crippen LogP contribution < -0.4 is 4.90 Å². The first-order valence-corrected chi connectivity index (χ1v) is 12.7. The smallest absolute Gasteiger partial charge is 0.128 e. The number of anilines is 1. The largest absolute Gasteiger partial charge is 0.354 e. The minimum absolute atomic E-state index is 0.549. The van der Waals surface area contributed by atoms with E-state index in [0.29, 0.717) is 5.56 Å². The van der Waals surface area contributed by atoms with Crippen molar-refractivity contribution >= 4 is 23.5 Å². The predicted octanol–water partition coefficient (Wildman–Crippen LogP) is 3.45. The molecule has 0 radical (unpaired) electrons. The minimum atomic E-state index is 0.549. The van der Waals surface area contributed by atoms with Crippen molar-refractivity contribution in [1.29, 1.82) is 5.26 Å². The molecule has 0 unspecified atom stereocenters. The van der Waals surface area contributed by atoms with Gasteiger partial charge < -0.3 is 4.90 Å². The summed E-state index contributed by atoms with van der Waals surface area (Å²) in [6.45, 7) is 6.39. The lowest BCUT2D eigenvalue weighted by atomic mass is 10.0. The average Bonchev–Trinajstić information content (AvgIpc) is 3.65. The molecule has 6 heterocycles. The number of aromatic nitrogens is 5. The fourth-order valence-corrected chi connectivity index (χ4v) is 5.89. The maximum atomic E-state index is 9.66. The van der Waals surface area contributed by atoms with Crippen molar-refractivity contribution in [3.8, 4) is 28.3 Å². The molecule has 0 N–H and O–H groups in total. The molecule has 6 rings (SSSR count). The second kappa shape index (κ2) is 9.34. The van der Waals surface area contributed by atoms with Gasteiger partial charge in [-0.2, -0.15) is 15.5 Å². The van der Waals surface area contributed by atoms with Crippen molar-refractivity contribution in [3.63, 3.8) is 0 Å². The molecule has 10 heteroatoms. The lowest BCUT2D eigenvalue weighted by molar-refractivity contribution is 0.407. The van der Waals surface area contributed by atoms with E-state index in [1.807, 2.05) is 44.0 Å².